The topological polar surface area (TPSA) is 77.2 Å². The summed E-state index contributed by atoms with van der Waals surface area (Å²) in [5.74, 6) is 1.34. The molecule has 1 atom stereocenters. The Kier molecular flexibility index (Phi) is 4.79. The molecule has 1 heterocycles. The van der Waals surface area contributed by atoms with Gasteiger partial charge in [0.15, 0.2) is 0 Å². The number of ether oxygens (including phenoxy) is 1. The van der Waals surface area contributed by atoms with Crippen molar-refractivity contribution in [2.75, 3.05) is 7.11 Å². The van der Waals surface area contributed by atoms with Crippen LogP contribution in [-0.4, -0.2) is 23.2 Å². The van der Waals surface area contributed by atoms with Gasteiger partial charge in [-0.2, -0.15) is 4.98 Å². The third kappa shape index (κ3) is 3.85. The van der Waals surface area contributed by atoms with E-state index in [-0.39, 0.29) is 5.91 Å². The number of rotatable bonds is 5. The van der Waals surface area contributed by atoms with Crippen molar-refractivity contribution >= 4 is 5.91 Å². The molecule has 0 aliphatic heterocycles. The number of amides is 1. The number of nitrogens with one attached hydrogen (secondary N) is 1. The van der Waals surface area contributed by atoms with Gasteiger partial charge in [-0.3, -0.25) is 4.79 Å². The Morgan fingerprint density at radius 2 is 1.96 bits per heavy atom. The van der Waals surface area contributed by atoms with Gasteiger partial charge in [-0.25, -0.2) is 0 Å². The average molecular weight is 337 g/mol. The highest BCUT2D eigenvalue weighted by Gasteiger charge is 2.18. The van der Waals surface area contributed by atoms with E-state index in [1.54, 1.807) is 38.3 Å². The predicted molar refractivity (Wildman–Crippen MR) is 93.3 cm³/mol. The molecule has 3 rings (SSSR count). The fraction of sp³-hybridized carbons (Fsp3) is 0.211. The van der Waals surface area contributed by atoms with Gasteiger partial charge >= 0.3 is 0 Å². The monoisotopic (exact) mass is 337 g/mol. The predicted octanol–water partition coefficient (Wildman–Crippen LogP) is 3.54. The number of aryl methyl sites for hydroxylation is 1. The second kappa shape index (κ2) is 7.17. The fourth-order valence-corrected chi connectivity index (χ4v) is 2.40. The summed E-state index contributed by atoms with van der Waals surface area (Å²) in [6.07, 6.45) is 0. The van der Waals surface area contributed by atoms with Crippen molar-refractivity contribution in [2.45, 2.75) is 19.9 Å². The number of hydrogen-bond acceptors (Lipinski definition) is 5. The molecule has 0 saturated carbocycles. The van der Waals surface area contributed by atoms with Crippen LogP contribution in [0, 0.1) is 6.92 Å². The first-order chi connectivity index (χ1) is 12.1. The van der Waals surface area contributed by atoms with Crippen LogP contribution in [0.5, 0.6) is 5.75 Å². The van der Waals surface area contributed by atoms with E-state index in [0.29, 0.717) is 23.0 Å². The molecular weight excluding hydrogens is 318 g/mol. The zero-order chi connectivity index (χ0) is 17.8. The van der Waals surface area contributed by atoms with Crippen LogP contribution in [0.2, 0.25) is 0 Å². The summed E-state index contributed by atoms with van der Waals surface area (Å²) in [4.78, 5) is 16.7. The van der Waals surface area contributed by atoms with Crippen molar-refractivity contribution in [3.05, 3.63) is 65.5 Å². The number of nitrogens with zero attached hydrogens (tertiary/aromatic N) is 2. The molecule has 6 heteroatoms. The van der Waals surface area contributed by atoms with E-state index in [0.717, 1.165) is 11.1 Å². The minimum absolute atomic E-state index is 0.217. The number of methoxy groups -OCH3 is 1. The van der Waals surface area contributed by atoms with Gasteiger partial charge in [-0.15, -0.1) is 0 Å². The van der Waals surface area contributed by atoms with Crippen LogP contribution in [0.3, 0.4) is 0 Å². The Bertz CT molecular complexity index is 872. The molecule has 3 aromatic rings. The molecule has 0 fully saturated rings. The lowest BCUT2D eigenvalue weighted by Crippen LogP contribution is -2.26. The Hall–Kier alpha value is -3.15. The van der Waals surface area contributed by atoms with E-state index in [1.807, 2.05) is 31.2 Å². The van der Waals surface area contributed by atoms with Crippen LogP contribution < -0.4 is 10.1 Å². The lowest BCUT2D eigenvalue weighted by Gasteiger charge is -2.10. The molecule has 0 saturated heterocycles. The number of aromatic nitrogens is 2. The van der Waals surface area contributed by atoms with E-state index < -0.39 is 6.04 Å². The molecule has 128 valence electrons. The van der Waals surface area contributed by atoms with Crippen LogP contribution in [0.25, 0.3) is 11.4 Å². The van der Waals surface area contributed by atoms with Gasteiger partial charge in [-0.05, 0) is 44.2 Å². The maximum absolute atomic E-state index is 12.3. The summed E-state index contributed by atoms with van der Waals surface area (Å²) < 4.78 is 10.4. The largest absolute Gasteiger partial charge is 0.497 e. The van der Waals surface area contributed by atoms with E-state index in [9.17, 15) is 4.79 Å². The molecule has 0 radical (unpaired) electrons. The second-order valence-corrected chi connectivity index (χ2v) is 5.75. The van der Waals surface area contributed by atoms with Crippen LogP contribution in [0.1, 0.15) is 34.8 Å². The highest BCUT2D eigenvalue weighted by Crippen LogP contribution is 2.20. The third-order valence-electron chi connectivity index (χ3n) is 3.79. The molecule has 0 bridgehead atoms. The normalized spacial score (nSPS) is 11.8. The highest BCUT2D eigenvalue weighted by atomic mass is 16.5. The first kappa shape index (κ1) is 16.7. The van der Waals surface area contributed by atoms with Gasteiger partial charge in [0.25, 0.3) is 5.91 Å². The van der Waals surface area contributed by atoms with Crippen LogP contribution >= 0.6 is 0 Å². The Balaban J connectivity index is 1.70. The molecule has 1 amide bonds. The molecule has 1 aromatic heterocycles. The van der Waals surface area contributed by atoms with E-state index in [1.165, 1.54) is 0 Å². The molecule has 0 aliphatic rings. The smallest absolute Gasteiger partial charge is 0.251 e. The molecular formula is C19H19N3O3. The maximum Gasteiger partial charge on any atom is 0.251 e. The summed E-state index contributed by atoms with van der Waals surface area (Å²) in [6.45, 7) is 3.80. The first-order valence-electron chi connectivity index (χ1n) is 7.92. The number of benzene rings is 2. The molecule has 6 nitrogen and oxygen atoms in total. The molecule has 0 spiro atoms. The molecule has 0 aliphatic carbocycles. The summed E-state index contributed by atoms with van der Waals surface area (Å²) in [5, 5.41) is 6.85. The summed E-state index contributed by atoms with van der Waals surface area (Å²) >= 11 is 0. The van der Waals surface area contributed by atoms with E-state index in [2.05, 4.69) is 15.5 Å². The molecule has 0 unspecified atom stereocenters. The quantitative estimate of drug-likeness (QED) is 0.770. The Morgan fingerprint density at radius 3 is 2.64 bits per heavy atom. The summed E-state index contributed by atoms with van der Waals surface area (Å²) in [6, 6.07) is 14.3. The maximum atomic E-state index is 12.3. The van der Waals surface area contributed by atoms with Crippen molar-refractivity contribution in [1.82, 2.24) is 15.5 Å². The van der Waals surface area contributed by atoms with Crippen LogP contribution in [0.15, 0.2) is 53.1 Å². The van der Waals surface area contributed by atoms with Gasteiger partial charge in [0.05, 0.1) is 7.11 Å². The number of carbonyl (C=O) groups excluding carboxylic acids is 1. The second-order valence-electron chi connectivity index (χ2n) is 5.75. The van der Waals surface area contributed by atoms with Gasteiger partial charge in [0.2, 0.25) is 11.7 Å². The minimum Gasteiger partial charge on any atom is -0.497 e. The first-order valence-corrected chi connectivity index (χ1v) is 7.92. The van der Waals surface area contributed by atoms with Crippen molar-refractivity contribution in [1.29, 1.82) is 0 Å². The summed E-state index contributed by atoms with van der Waals surface area (Å²) in [5.41, 5.74) is 2.53. The van der Waals surface area contributed by atoms with E-state index >= 15 is 0 Å². The lowest BCUT2D eigenvalue weighted by atomic mass is 10.1. The van der Waals surface area contributed by atoms with Crippen molar-refractivity contribution in [3.63, 3.8) is 0 Å². The van der Waals surface area contributed by atoms with Gasteiger partial charge in [0, 0.05) is 11.1 Å². The van der Waals surface area contributed by atoms with Gasteiger partial charge < -0.3 is 14.6 Å². The number of carbonyl (C=O) groups is 1. The van der Waals surface area contributed by atoms with Crippen molar-refractivity contribution in [3.8, 4) is 17.1 Å². The SMILES string of the molecule is COc1ccc(C(=O)N[C@H](C)c2nc(-c3cccc(C)c3)no2)cc1. The Labute approximate surface area is 145 Å². The molecule has 2 aromatic carbocycles. The Morgan fingerprint density at radius 1 is 1.20 bits per heavy atom. The lowest BCUT2D eigenvalue weighted by molar-refractivity contribution is 0.0932. The van der Waals surface area contributed by atoms with Gasteiger partial charge in [0.1, 0.15) is 11.8 Å². The average Bonchev–Trinajstić information content (AvgIpc) is 3.12. The molecule has 1 N–H and O–H groups in total. The minimum atomic E-state index is -0.402. The van der Waals surface area contributed by atoms with Crippen LogP contribution in [-0.2, 0) is 0 Å². The van der Waals surface area contributed by atoms with Crippen LogP contribution in [0.4, 0.5) is 0 Å². The summed E-state index contributed by atoms with van der Waals surface area (Å²) in [7, 11) is 1.58. The van der Waals surface area contributed by atoms with Crippen molar-refractivity contribution < 1.29 is 14.1 Å². The highest BCUT2D eigenvalue weighted by molar-refractivity contribution is 5.94. The van der Waals surface area contributed by atoms with E-state index in [4.69, 9.17) is 9.26 Å². The zero-order valence-electron chi connectivity index (χ0n) is 14.3. The molecule has 25 heavy (non-hydrogen) atoms. The fourth-order valence-electron chi connectivity index (χ4n) is 2.40. The number of hydrogen-bond donors (Lipinski definition) is 1. The third-order valence-corrected chi connectivity index (χ3v) is 3.79. The standard InChI is InChI=1S/C19H19N3O3/c1-12-5-4-6-15(11-12)17-21-19(25-22-17)13(2)20-18(23)14-7-9-16(24-3)10-8-14/h4-11,13H,1-3H3,(H,20,23)/t13-/m1/s1. The van der Waals surface area contributed by atoms with Crippen molar-refractivity contribution in [2.24, 2.45) is 0 Å². The zero-order valence-corrected chi connectivity index (χ0v) is 14.3. The van der Waals surface area contributed by atoms with Gasteiger partial charge in [-0.1, -0.05) is 28.9 Å².